The summed E-state index contributed by atoms with van der Waals surface area (Å²) in [5.74, 6) is 1.33. The Hall–Kier alpha value is -0.160. The van der Waals surface area contributed by atoms with Gasteiger partial charge in [-0.1, -0.05) is 6.92 Å². The molecule has 1 heterocycles. The van der Waals surface area contributed by atoms with Crippen molar-refractivity contribution in [1.82, 2.24) is 10.2 Å². The molecular formula is C14H29N3O. The van der Waals surface area contributed by atoms with Crippen molar-refractivity contribution >= 4 is 0 Å². The normalized spacial score (nSPS) is 31.5. The van der Waals surface area contributed by atoms with E-state index in [-0.39, 0.29) is 6.10 Å². The Balaban J connectivity index is 1.83. The molecule has 4 N–H and O–H groups in total. The fraction of sp³-hybridized carbons (Fsp3) is 1.00. The number of nitrogens with two attached hydrogens (primary N) is 1. The van der Waals surface area contributed by atoms with E-state index >= 15 is 0 Å². The number of aliphatic hydroxyl groups is 1. The van der Waals surface area contributed by atoms with E-state index in [1.54, 1.807) is 0 Å². The third kappa shape index (κ3) is 4.19. The summed E-state index contributed by atoms with van der Waals surface area (Å²) in [6.45, 7) is 7.00. The first-order valence-corrected chi connectivity index (χ1v) is 7.56. The molecule has 0 aromatic rings. The number of hydrogen-bond donors (Lipinski definition) is 3. The van der Waals surface area contributed by atoms with Gasteiger partial charge >= 0.3 is 0 Å². The second-order valence-corrected chi connectivity index (χ2v) is 6.07. The van der Waals surface area contributed by atoms with Crippen LogP contribution in [-0.4, -0.2) is 54.9 Å². The van der Waals surface area contributed by atoms with Crippen LogP contribution in [0.4, 0.5) is 0 Å². The van der Waals surface area contributed by atoms with Gasteiger partial charge in [-0.3, -0.25) is 0 Å². The van der Waals surface area contributed by atoms with Gasteiger partial charge in [0.05, 0.1) is 6.10 Å². The zero-order valence-corrected chi connectivity index (χ0v) is 11.6. The Morgan fingerprint density at radius 2 is 2.17 bits per heavy atom. The SMILES string of the molecule is CCC(O)C1CC(NCC2CC2)CN(CCN)C1. The Kier molecular flexibility index (Phi) is 5.42. The van der Waals surface area contributed by atoms with Gasteiger partial charge < -0.3 is 21.1 Å². The van der Waals surface area contributed by atoms with Crippen molar-refractivity contribution in [1.29, 1.82) is 0 Å². The predicted octanol–water partition coefficient (Wildman–Crippen LogP) is 0.406. The van der Waals surface area contributed by atoms with Crippen LogP contribution in [0.5, 0.6) is 0 Å². The summed E-state index contributed by atoms with van der Waals surface area (Å²) in [4.78, 5) is 2.41. The minimum atomic E-state index is -0.157. The van der Waals surface area contributed by atoms with E-state index < -0.39 is 0 Å². The maximum Gasteiger partial charge on any atom is 0.0578 e. The van der Waals surface area contributed by atoms with E-state index in [1.807, 2.05) is 0 Å². The fourth-order valence-electron chi connectivity index (χ4n) is 3.01. The van der Waals surface area contributed by atoms with Gasteiger partial charge in [0.15, 0.2) is 0 Å². The lowest BCUT2D eigenvalue weighted by Gasteiger charge is -2.39. The topological polar surface area (TPSA) is 61.5 Å². The number of aliphatic hydroxyl groups excluding tert-OH is 1. The zero-order valence-electron chi connectivity index (χ0n) is 11.6. The van der Waals surface area contributed by atoms with E-state index in [1.165, 1.54) is 12.8 Å². The molecule has 0 spiro atoms. The molecule has 0 bridgehead atoms. The van der Waals surface area contributed by atoms with Gasteiger partial charge in [0.25, 0.3) is 0 Å². The molecule has 18 heavy (non-hydrogen) atoms. The molecule has 3 atom stereocenters. The Labute approximate surface area is 111 Å². The smallest absolute Gasteiger partial charge is 0.0578 e. The first-order chi connectivity index (χ1) is 8.72. The molecule has 0 radical (unpaired) electrons. The van der Waals surface area contributed by atoms with Gasteiger partial charge in [0.2, 0.25) is 0 Å². The van der Waals surface area contributed by atoms with Crippen molar-refractivity contribution in [2.75, 3.05) is 32.7 Å². The maximum absolute atomic E-state index is 10.1. The summed E-state index contributed by atoms with van der Waals surface area (Å²) in [6.07, 6.45) is 4.61. The summed E-state index contributed by atoms with van der Waals surface area (Å²) in [7, 11) is 0. The van der Waals surface area contributed by atoms with Crippen LogP contribution < -0.4 is 11.1 Å². The third-order valence-corrected chi connectivity index (χ3v) is 4.36. The van der Waals surface area contributed by atoms with E-state index in [0.717, 1.165) is 44.9 Å². The molecule has 0 aromatic carbocycles. The highest BCUT2D eigenvalue weighted by Crippen LogP contribution is 2.28. The summed E-state index contributed by atoms with van der Waals surface area (Å²) < 4.78 is 0. The van der Waals surface area contributed by atoms with E-state index in [9.17, 15) is 5.11 Å². The predicted molar refractivity (Wildman–Crippen MR) is 74.4 cm³/mol. The number of hydrogen-bond acceptors (Lipinski definition) is 4. The van der Waals surface area contributed by atoms with E-state index in [0.29, 0.717) is 18.5 Å². The molecule has 2 rings (SSSR count). The van der Waals surface area contributed by atoms with Crippen molar-refractivity contribution in [2.45, 2.75) is 44.8 Å². The first-order valence-electron chi connectivity index (χ1n) is 7.56. The lowest BCUT2D eigenvalue weighted by atomic mass is 9.88. The lowest BCUT2D eigenvalue weighted by molar-refractivity contribution is 0.0366. The molecule has 1 saturated heterocycles. The minimum Gasteiger partial charge on any atom is -0.393 e. The monoisotopic (exact) mass is 255 g/mol. The highest BCUT2D eigenvalue weighted by atomic mass is 16.3. The molecule has 106 valence electrons. The minimum absolute atomic E-state index is 0.157. The first kappa shape index (κ1) is 14.3. The second kappa shape index (κ2) is 6.85. The van der Waals surface area contributed by atoms with Crippen molar-refractivity contribution < 1.29 is 5.11 Å². The summed E-state index contributed by atoms with van der Waals surface area (Å²) >= 11 is 0. The van der Waals surface area contributed by atoms with Crippen LogP contribution in [0.15, 0.2) is 0 Å². The Morgan fingerprint density at radius 1 is 1.39 bits per heavy atom. The fourth-order valence-corrected chi connectivity index (χ4v) is 3.01. The van der Waals surface area contributed by atoms with Crippen LogP contribution in [-0.2, 0) is 0 Å². The Bertz CT molecular complexity index is 245. The molecule has 2 aliphatic rings. The number of nitrogens with one attached hydrogen (secondary N) is 1. The molecule has 4 heteroatoms. The van der Waals surface area contributed by atoms with Crippen LogP contribution in [0.3, 0.4) is 0 Å². The maximum atomic E-state index is 10.1. The van der Waals surface area contributed by atoms with Gasteiger partial charge in [0, 0.05) is 32.2 Å². The van der Waals surface area contributed by atoms with Crippen LogP contribution in [0.2, 0.25) is 0 Å². The van der Waals surface area contributed by atoms with Crippen molar-refractivity contribution in [2.24, 2.45) is 17.6 Å². The average molecular weight is 255 g/mol. The molecule has 0 amide bonds. The number of nitrogens with zero attached hydrogens (tertiary/aromatic N) is 1. The van der Waals surface area contributed by atoms with Crippen LogP contribution in [0.1, 0.15) is 32.6 Å². The van der Waals surface area contributed by atoms with Crippen molar-refractivity contribution in [3.8, 4) is 0 Å². The molecule has 1 saturated carbocycles. The largest absolute Gasteiger partial charge is 0.393 e. The number of rotatable bonds is 7. The molecular weight excluding hydrogens is 226 g/mol. The average Bonchev–Trinajstić information content (AvgIpc) is 3.19. The van der Waals surface area contributed by atoms with Gasteiger partial charge in [0.1, 0.15) is 0 Å². The third-order valence-electron chi connectivity index (χ3n) is 4.36. The molecule has 3 unspecified atom stereocenters. The highest BCUT2D eigenvalue weighted by Gasteiger charge is 2.31. The van der Waals surface area contributed by atoms with Crippen molar-refractivity contribution in [3.05, 3.63) is 0 Å². The van der Waals surface area contributed by atoms with Gasteiger partial charge in [-0.2, -0.15) is 0 Å². The zero-order chi connectivity index (χ0) is 13.0. The van der Waals surface area contributed by atoms with Gasteiger partial charge in [-0.15, -0.1) is 0 Å². The molecule has 4 nitrogen and oxygen atoms in total. The van der Waals surface area contributed by atoms with Crippen LogP contribution in [0, 0.1) is 11.8 Å². The summed E-state index contributed by atoms with van der Waals surface area (Å²) in [5.41, 5.74) is 5.67. The van der Waals surface area contributed by atoms with E-state index in [2.05, 4.69) is 17.1 Å². The van der Waals surface area contributed by atoms with Gasteiger partial charge in [-0.25, -0.2) is 0 Å². The van der Waals surface area contributed by atoms with Crippen LogP contribution in [0.25, 0.3) is 0 Å². The second-order valence-electron chi connectivity index (χ2n) is 6.07. The summed E-state index contributed by atoms with van der Waals surface area (Å²) in [6, 6.07) is 0.539. The number of piperidine rings is 1. The standard InChI is InChI=1S/C14H29N3O/c1-2-14(18)12-7-13(16-8-11-3-4-11)10-17(9-12)6-5-15/h11-14,16,18H,2-10,15H2,1H3. The Morgan fingerprint density at radius 3 is 2.78 bits per heavy atom. The molecule has 2 fully saturated rings. The lowest BCUT2D eigenvalue weighted by Crippen LogP contribution is -2.53. The molecule has 1 aliphatic carbocycles. The quantitative estimate of drug-likeness (QED) is 0.616. The van der Waals surface area contributed by atoms with E-state index in [4.69, 9.17) is 5.73 Å². The molecule has 0 aromatic heterocycles. The van der Waals surface area contributed by atoms with Crippen LogP contribution >= 0.6 is 0 Å². The van der Waals surface area contributed by atoms with Crippen molar-refractivity contribution in [3.63, 3.8) is 0 Å². The summed E-state index contributed by atoms with van der Waals surface area (Å²) in [5, 5.41) is 13.8. The van der Waals surface area contributed by atoms with Gasteiger partial charge in [-0.05, 0) is 44.1 Å². The number of likely N-dealkylation sites (tertiary alicyclic amines) is 1. The molecule has 1 aliphatic heterocycles. The highest BCUT2D eigenvalue weighted by molar-refractivity contribution is 4.88.